The number of carbonyl (C=O) groups is 1. The highest BCUT2D eigenvalue weighted by Crippen LogP contribution is 2.32. The van der Waals surface area contributed by atoms with Gasteiger partial charge < -0.3 is 0 Å². The van der Waals surface area contributed by atoms with Crippen LogP contribution in [0.2, 0.25) is 0 Å². The molecule has 0 aliphatic heterocycles. The van der Waals surface area contributed by atoms with Crippen molar-refractivity contribution in [3.8, 4) is 0 Å². The minimum atomic E-state index is 0.325. The van der Waals surface area contributed by atoms with Crippen molar-refractivity contribution in [2.75, 3.05) is 0 Å². The molecule has 1 aromatic rings. The fourth-order valence-electron chi connectivity index (χ4n) is 3.59. The first kappa shape index (κ1) is 15.3. The van der Waals surface area contributed by atoms with Crippen molar-refractivity contribution in [1.29, 1.82) is 0 Å². The molecule has 1 fully saturated rings. The predicted molar refractivity (Wildman–Crippen MR) is 81.7 cm³/mol. The Balaban J connectivity index is 1.91. The molecule has 1 heterocycles. The van der Waals surface area contributed by atoms with E-state index in [-0.39, 0.29) is 0 Å². The monoisotopic (exact) mass is 276 g/mol. The van der Waals surface area contributed by atoms with Crippen molar-refractivity contribution in [2.24, 2.45) is 18.9 Å². The first-order valence-corrected chi connectivity index (χ1v) is 8.04. The van der Waals surface area contributed by atoms with Crippen LogP contribution in [-0.2, 0) is 18.3 Å². The van der Waals surface area contributed by atoms with E-state index in [1.54, 1.807) is 0 Å². The summed E-state index contributed by atoms with van der Waals surface area (Å²) in [6.45, 7) is 6.38. The van der Waals surface area contributed by atoms with Crippen LogP contribution >= 0.6 is 0 Å². The Morgan fingerprint density at radius 2 is 2.10 bits per heavy atom. The zero-order valence-corrected chi connectivity index (χ0v) is 13.4. The van der Waals surface area contributed by atoms with E-state index >= 15 is 0 Å². The second kappa shape index (κ2) is 6.55. The quantitative estimate of drug-likeness (QED) is 0.821. The number of nitrogens with zero attached hydrogens (tertiary/aromatic N) is 2. The zero-order valence-electron chi connectivity index (χ0n) is 13.4. The lowest BCUT2D eigenvalue weighted by Crippen LogP contribution is -2.23. The molecule has 2 unspecified atom stereocenters. The third-order valence-electron chi connectivity index (χ3n) is 5.10. The molecule has 1 aliphatic rings. The third-order valence-corrected chi connectivity index (χ3v) is 5.10. The normalized spacial score (nSPS) is 23.0. The van der Waals surface area contributed by atoms with E-state index in [9.17, 15) is 4.79 Å². The molecule has 0 spiro atoms. The smallest absolute Gasteiger partial charge is 0.136 e. The summed E-state index contributed by atoms with van der Waals surface area (Å²) < 4.78 is 1.92. The molecule has 112 valence electrons. The predicted octanol–water partition coefficient (Wildman–Crippen LogP) is 3.76. The molecule has 2 atom stereocenters. The summed E-state index contributed by atoms with van der Waals surface area (Å²) in [5.41, 5.74) is 3.54. The van der Waals surface area contributed by atoms with Gasteiger partial charge in [0.05, 0.1) is 5.69 Å². The summed E-state index contributed by atoms with van der Waals surface area (Å²) in [4.78, 5) is 12.4. The molecule has 1 saturated carbocycles. The van der Waals surface area contributed by atoms with Gasteiger partial charge in [0.2, 0.25) is 0 Å². The molecular formula is C17H28N2O. The van der Waals surface area contributed by atoms with Gasteiger partial charge in [0.1, 0.15) is 5.78 Å². The van der Waals surface area contributed by atoms with Crippen LogP contribution in [-0.4, -0.2) is 15.6 Å². The fourth-order valence-corrected chi connectivity index (χ4v) is 3.59. The molecule has 0 saturated heterocycles. The van der Waals surface area contributed by atoms with Gasteiger partial charge in [-0.15, -0.1) is 0 Å². The number of hydrogen-bond acceptors (Lipinski definition) is 2. The maximum Gasteiger partial charge on any atom is 0.136 e. The maximum absolute atomic E-state index is 12.4. The van der Waals surface area contributed by atoms with Crippen molar-refractivity contribution in [3.63, 3.8) is 0 Å². The molecule has 0 radical (unpaired) electrons. The van der Waals surface area contributed by atoms with Crippen LogP contribution in [0.5, 0.6) is 0 Å². The Bertz CT molecular complexity index is 476. The van der Waals surface area contributed by atoms with Gasteiger partial charge in [-0.25, -0.2) is 0 Å². The van der Waals surface area contributed by atoms with Crippen LogP contribution in [0.3, 0.4) is 0 Å². The summed E-state index contributed by atoms with van der Waals surface area (Å²) in [5.74, 6) is 1.58. The van der Waals surface area contributed by atoms with Gasteiger partial charge in [-0.3, -0.25) is 9.48 Å². The largest absolute Gasteiger partial charge is 0.299 e. The van der Waals surface area contributed by atoms with Crippen LogP contribution in [0.1, 0.15) is 62.4 Å². The Hall–Kier alpha value is -1.12. The van der Waals surface area contributed by atoms with Gasteiger partial charge in [-0.1, -0.05) is 26.2 Å². The highest BCUT2D eigenvalue weighted by atomic mass is 16.1. The van der Waals surface area contributed by atoms with E-state index in [4.69, 9.17) is 0 Å². The molecule has 0 N–H and O–H groups in total. The van der Waals surface area contributed by atoms with Crippen LogP contribution in [0.25, 0.3) is 0 Å². The number of ketones is 1. The number of Topliss-reactive ketones (excluding diaryl/α,β-unsaturated/α-hetero) is 1. The first-order valence-electron chi connectivity index (χ1n) is 8.04. The highest BCUT2D eigenvalue weighted by Gasteiger charge is 2.26. The fraction of sp³-hybridized carbons (Fsp3) is 0.765. The SMILES string of the molecule is CCC1CCCC(C(=O)CCc2c(C)nn(C)c2C)C1. The third kappa shape index (κ3) is 3.31. The minimum absolute atomic E-state index is 0.325. The van der Waals surface area contributed by atoms with E-state index in [2.05, 4.69) is 18.9 Å². The maximum atomic E-state index is 12.4. The van der Waals surface area contributed by atoms with Gasteiger partial charge >= 0.3 is 0 Å². The Morgan fingerprint density at radius 1 is 1.35 bits per heavy atom. The van der Waals surface area contributed by atoms with Gasteiger partial charge in [0, 0.05) is 25.1 Å². The van der Waals surface area contributed by atoms with Crippen LogP contribution in [0, 0.1) is 25.7 Å². The lowest BCUT2D eigenvalue weighted by Gasteiger charge is -2.27. The molecule has 1 aromatic heterocycles. The number of rotatable bonds is 5. The number of carbonyl (C=O) groups excluding carboxylic acids is 1. The van der Waals surface area contributed by atoms with Crippen molar-refractivity contribution in [3.05, 3.63) is 17.0 Å². The number of hydrogen-bond donors (Lipinski definition) is 0. The van der Waals surface area contributed by atoms with Gasteiger partial charge in [-0.05, 0) is 44.6 Å². The summed E-state index contributed by atoms with van der Waals surface area (Å²) in [5, 5.41) is 4.43. The molecule has 3 nitrogen and oxygen atoms in total. The highest BCUT2D eigenvalue weighted by molar-refractivity contribution is 5.81. The standard InChI is InChI=1S/C17H28N2O/c1-5-14-7-6-8-15(11-14)17(20)10-9-16-12(2)18-19(4)13(16)3/h14-15H,5-11H2,1-4H3. The second-order valence-electron chi connectivity index (χ2n) is 6.38. The van der Waals surface area contributed by atoms with Crippen molar-refractivity contribution >= 4 is 5.78 Å². The number of aryl methyl sites for hydroxylation is 2. The van der Waals surface area contributed by atoms with Crippen LogP contribution in [0.4, 0.5) is 0 Å². The van der Waals surface area contributed by atoms with Gasteiger partial charge in [-0.2, -0.15) is 5.10 Å². The summed E-state index contributed by atoms with van der Waals surface area (Å²) >= 11 is 0. The van der Waals surface area contributed by atoms with Crippen molar-refractivity contribution in [2.45, 2.75) is 65.7 Å². The summed E-state index contributed by atoms with van der Waals surface area (Å²) in [7, 11) is 1.97. The Labute approximate surface area is 122 Å². The van der Waals surface area contributed by atoms with E-state index in [1.165, 1.54) is 30.5 Å². The molecule has 20 heavy (non-hydrogen) atoms. The molecule has 2 rings (SSSR count). The van der Waals surface area contributed by atoms with Gasteiger partial charge in [0.25, 0.3) is 0 Å². The Morgan fingerprint density at radius 3 is 2.70 bits per heavy atom. The lowest BCUT2D eigenvalue weighted by molar-refractivity contribution is -0.124. The summed E-state index contributed by atoms with van der Waals surface area (Å²) in [6, 6.07) is 0. The first-order chi connectivity index (χ1) is 9.52. The molecular weight excluding hydrogens is 248 g/mol. The van der Waals surface area contributed by atoms with E-state index in [1.807, 2.05) is 18.7 Å². The van der Waals surface area contributed by atoms with Crippen molar-refractivity contribution < 1.29 is 4.79 Å². The van der Waals surface area contributed by atoms with E-state index < -0.39 is 0 Å². The molecule has 0 amide bonds. The average Bonchev–Trinajstić information content (AvgIpc) is 2.70. The lowest BCUT2D eigenvalue weighted by atomic mass is 9.77. The van der Waals surface area contributed by atoms with Crippen LogP contribution < -0.4 is 0 Å². The zero-order chi connectivity index (χ0) is 14.7. The van der Waals surface area contributed by atoms with E-state index in [0.29, 0.717) is 18.1 Å². The molecule has 1 aliphatic carbocycles. The van der Waals surface area contributed by atoms with Crippen molar-refractivity contribution in [1.82, 2.24) is 9.78 Å². The second-order valence-corrected chi connectivity index (χ2v) is 6.38. The average molecular weight is 276 g/mol. The summed E-state index contributed by atoms with van der Waals surface area (Å²) in [6.07, 6.45) is 7.57. The topological polar surface area (TPSA) is 34.9 Å². The molecule has 3 heteroatoms. The van der Waals surface area contributed by atoms with Gasteiger partial charge in [0.15, 0.2) is 0 Å². The van der Waals surface area contributed by atoms with Crippen LogP contribution in [0.15, 0.2) is 0 Å². The molecule has 0 aromatic carbocycles. The molecule has 0 bridgehead atoms. The minimum Gasteiger partial charge on any atom is -0.299 e. The Kier molecular flexibility index (Phi) is 5.00. The van der Waals surface area contributed by atoms with E-state index in [0.717, 1.165) is 30.9 Å². The number of aromatic nitrogens is 2.